The predicted molar refractivity (Wildman–Crippen MR) is 112 cm³/mol. The molecule has 0 saturated heterocycles. The van der Waals surface area contributed by atoms with Gasteiger partial charge in [0.2, 0.25) is 5.91 Å². The van der Waals surface area contributed by atoms with Gasteiger partial charge in [-0.15, -0.1) is 10.2 Å². The Balaban J connectivity index is 1.46. The van der Waals surface area contributed by atoms with Gasteiger partial charge >= 0.3 is 0 Å². The first-order valence-corrected chi connectivity index (χ1v) is 11.5. The predicted octanol–water partition coefficient (Wildman–Crippen LogP) is 4.93. The minimum Gasteiger partial charge on any atom is -0.342 e. The van der Waals surface area contributed by atoms with Gasteiger partial charge in [0.1, 0.15) is 0 Å². The zero-order chi connectivity index (χ0) is 18.8. The molecule has 2 fully saturated rings. The number of aromatic nitrogens is 3. The molecule has 5 nitrogen and oxygen atoms in total. The molecular formula is C20H25BrN4OS. The Labute approximate surface area is 173 Å². The number of halogens is 1. The molecule has 0 unspecified atom stereocenters. The molecule has 1 aromatic carbocycles. The molecule has 1 aromatic heterocycles. The summed E-state index contributed by atoms with van der Waals surface area (Å²) in [6.45, 7) is 0. The van der Waals surface area contributed by atoms with Crippen LogP contribution in [0.4, 0.5) is 0 Å². The normalized spacial score (nSPS) is 17.9. The molecule has 2 saturated carbocycles. The third kappa shape index (κ3) is 4.40. The SMILES string of the molecule is CN(C(=O)CSc1nnc(-c2ccc(Br)cc2)n1C1CC1)C1CCCCC1. The lowest BCUT2D eigenvalue weighted by Gasteiger charge is -2.31. The van der Waals surface area contributed by atoms with E-state index in [1.54, 1.807) is 0 Å². The maximum absolute atomic E-state index is 12.7. The Hall–Kier alpha value is -1.34. The third-order valence-corrected chi connectivity index (χ3v) is 6.98. The molecule has 0 spiro atoms. The average molecular weight is 449 g/mol. The molecule has 0 aliphatic heterocycles. The van der Waals surface area contributed by atoms with Gasteiger partial charge in [0.15, 0.2) is 11.0 Å². The van der Waals surface area contributed by atoms with Crippen molar-refractivity contribution in [3.05, 3.63) is 28.7 Å². The maximum atomic E-state index is 12.7. The Morgan fingerprint density at radius 3 is 2.52 bits per heavy atom. The number of hydrogen-bond acceptors (Lipinski definition) is 4. The van der Waals surface area contributed by atoms with Crippen molar-refractivity contribution in [2.24, 2.45) is 0 Å². The molecule has 27 heavy (non-hydrogen) atoms. The summed E-state index contributed by atoms with van der Waals surface area (Å²) in [6.07, 6.45) is 8.37. The first kappa shape index (κ1) is 19.0. The quantitative estimate of drug-likeness (QED) is 0.587. The minimum absolute atomic E-state index is 0.197. The van der Waals surface area contributed by atoms with E-state index >= 15 is 0 Å². The lowest BCUT2D eigenvalue weighted by Crippen LogP contribution is -2.39. The van der Waals surface area contributed by atoms with Gasteiger partial charge in [-0.2, -0.15) is 0 Å². The molecule has 0 radical (unpaired) electrons. The summed E-state index contributed by atoms with van der Waals surface area (Å²) in [5, 5.41) is 9.72. The molecule has 2 aliphatic carbocycles. The van der Waals surface area contributed by atoms with Crippen LogP contribution in [-0.2, 0) is 4.79 Å². The van der Waals surface area contributed by atoms with Crippen molar-refractivity contribution in [2.75, 3.05) is 12.8 Å². The molecule has 0 atom stereocenters. The van der Waals surface area contributed by atoms with Gasteiger partial charge in [0, 0.05) is 29.2 Å². The summed E-state index contributed by atoms with van der Waals surface area (Å²) in [4.78, 5) is 14.6. The van der Waals surface area contributed by atoms with Crippen LogP contribution in [0.1, 0.15) is 51.0 Å². The second-order valence-electron chi connectivity index (χ2n) is 7.50. The highest BCUT2D eigenvalue weighted by Crippen LogP contribution is 2.41. The first-order valence-electron chi connectivity index (χ1n) is 9.73. The fourth-order valence-corrected chi connectivity index (χ4v) is 4.93. The van der Waals surface area contributed by atoms with E-state index in [-0.39, 0.29) is 5.91 Å². The topological polar surface area (TPSA) is 51.0 Å². The number of thioether (sulfide) groups is 1. The summed E-state index contributed by atoms with van der Waals surface area (Å²) in [6, 6.07) is 9.04. The van der Waals surface area contributed by atoms with Crippen LogP contribution in [0.25, 0.3) is 11.4 Å². The van der Waals surface area contributed by atoms with Gasteiger partial charge in [-0.3, -0.25) is 9.36 Å². The highest BCUT2D eigenvalue weighted by atomic mass is 79.9. The number of hydrogen-bond donors (Lipinski definition) is 0. The number of carbonyl (C=O) groups excluding carboxylic acids is 1. The zero-order valence-corrected chi connectivity index (χ0v) is 18.0. The fourth-order valence-electron chi connectivity index (χ4n) is 3.73. The number of carbonyl (C=O) groups is 1. The van der Waals surface area contributed by atoms with E-state index in [0.29, 0.717) is 17.8 Å². The van der Waals surface area contributed by atoms with Crippen LogP contribution >= 0.6 is 27.7 Å². The van der Waals surface area contributed by atoms with E-state index in [1.807, 2.05) is 24.1 Å². The number of amides is 1. The van der Waals surface area contributed by atoms with Crippen LogP contribution in [0.15, 0.2) is 33.9 Å². The smallest absolute Gasteiger partial charge is 0.233 e. The highest BCUT2D eigenvalue weighted by Gasteiger charge is 2.31. The summed E-state index contributed by atoms with van der Waals surface area (Å²) in [5.41, 5.74) is 1.06. The fraction of sp³-hybridized carbons (Fsp3) is 0.550. The summed E-state index contributed by atoms with van der Waals surface area (Å²) in [5.74, 6) is 1.53. The Kier molecular flexibility index (Phi) is 5.88. The Morgan fingerprint density at radius 1 is 1.15 bits per heavy atom. The molecule has 1 heterocycles. The van der Waals surface area contributed by atoms with Gasteiger partial charge in [-0.1, -0.05) is 59.1 Å². The van der Waals surface area contributed by atoms with Gasteiger partial charge in [-0.25, -0.2) is 0 Å². The molecule has 7 heteroatoms. The molecule has 2 aromatic rings. The van der Waals surface area contributed by atoms with Crippen molar-refractivity contribution in [1.29, 1.82) is 0 Å². The van der Waals surface area contributed by atoms with E-state index < -0.39 is 0 Å². The summed E-state index contributed by atoms with van der Waals surface area (Å²) >= 11 is 5.00. The van der Waals surface area contributed by atoms with Crippen molar-refractivity contribution in [3.63, 3.8) is 0 Å². The van der Waals surface area contributed by atoms with E-state index in [9.17, 15) is 4.79 Å². The van der Waals surface area contributed by atoms with Gasteiger partial charge < -0.3 is 4.90 Å². The molecule has 0 bridgehead atoms. The molecule has 4 rings (SSSR count). The Bertz CT molecular complexity index is 797. The molecular weight excluding hydrogens is 424 g/mol. The van der Waals surface area contributed by atoms with Crippen LogP contribution < -0.4 is 0 Å². The van der Waals surface area contributed by atoms with Gasteiger partial charge in [0.25, 0.3) is 0 Å². The molecule has 0 N–H and O–H groups in total. The van der Waals surface area contributed by atoms with E-state index in [2.05, 4.69) is 42.8 Å². The van der Waals surface area contributed by atoms with Crippen molar-refractivity contribution in [3.8, 4) is 11.4 Å². The molecule has 2 aliphatic rings. The lowest BCUT2D eigenvalue weighted by atomic mass is 9.94. The van der Waals surface area contributed by atoms with Crippen molar-refractivity contribution in [2.45, 2.75) is 62.2 Å². The van der Waals surface area contributed by atoms with E-state index in [4.69, 9.17) is 0 Å². The third-order valence-electron chi connectivity index (χ3n) is 5.52. The van der Waals surface area contributed by atoms with Gasteiger partial charge in [-0.05, 0) is 37.8 Å². The molecule has 1 amide bonds. The Morgan fingerprint density at radius 2 is 1.85 bits per heavy atom. The largest absolute Gasteiger partial charge is 0.342 e. The van der Waals surface area contributed by atoms with Crippen molar-refractivity contribution >= 4 is 33.6 Å². The standard InChI is InChI=1S/C20H25BrN4OS/c1-24(16-5-3-2-4-6-16)18(26)13-27-20-23-22-19(25(20)17-11-12-17)14-7-9-15(21)10-8-14/h7-10,16-17H,2-6,11-13H2,1H3. The highest BCUT2D eigenvalue weighted by molar-refractivity contribution is 9.10. The first-order chi connectivity index (χ1) is 13.1. The number of benzene rings is 1. The van der Waals surface area contributed by atoms with E-state index in [0.717, 1.165) is 46.7 Å². The average Bonchev–Trinajstić information content (AvgIpc) is 3.46. The minimum atomic E-state index is 0.197. The van der Waals surface area contributed by atoms with Gasteiger partial charge in [0.05, 0.1) is 5.75 Å². The summed E-state index contributed by atoms with van der Waals surface area (Å²) < 4.78 is 3.27. The summed E-state index contributed by atoms with van der Waals surface area (Å²) in [7, 11) is 1.96. The van der Waals surface area contributed by atoms with Crippen molar-refractivity contribution in [1.82, 2.24) is 19.7 Å². The van der Waals surface area contributed by atoms with Crippen LogP contribution in [0.3, 0.4) is 0 Å². The number of rotatable bonds is 6. The second-order valence-corrected chi connectivity index (χ2v) is 9.36. The van der Waals surface area contributed by atoms with Crippen LogP contribution in [0, 0.1) is 0 Å². The molecule has 144 valence electrons. The van der Waals surface area contributed by atoms with Crippen LogP contribution in [0.5, 0.6) is 0 Å². The monoisotopic (exact) mass is 448 g/mol. The zero-order valence-electron chi connectivity index (χ0n) is 15.6. The van der Waals surface area contributed by atoms with E-state index in [1.165, 1.54) is 31.0 Å². The van der Waals surface area contributed by atoms with Crippen molar-refractivity contribution < 1.29 is 4.79 Å². The number of nitrogens with zero attached hydrogens (tertiary/aromatic N) is 4. The maximum Gasteiger partial charge on any atom is 0.233 e. The van der Waals surface area contributed by atoms with Crippen LogP contribution in [-0.4, -0.2) is 44.4 Å². The second kappa shape index (κ2) is 8.35. The lowest BCUT2D eigenvalue weighted by molar-refractivity contribution is -0.129. The van der Waals surface area contributed by atoms with Crippen LogP contribution in [0.2, 0.25) is 0 Å².